The quantitative estimate of drug-likeness (QED) is 0.700. The van der Waals surface area contributed by atoms with Crippen molar-refractivity contribution in [3.8, 4) is 0 Å². The van der Waals surface area contributed by atoms with E-state index in [1.54, 1.807) is 59.9 Å². The normalized spacial score (nSPS) is 13.6. The number of piperazine rings is 1. The van der Waals surface area contributed by atoms with Crippen LogP contribution in [0.4, 0.5) is 22.0 Å². The van der Waals surface area contributed by atoms with Crippen molar-refractivity contribution in [1.29, 1.82) is 0 Å². The molecule has 1 aliphatic rings. The molecule has 2 aromatic carbocycles. The van der Waals surface area contributed by atoms with E-state index in [1.807, 2.05) is 18.2 Å². The number of hydrogen-bond donors (Lipinski definition) is 2. The Morgan fingerprint density at radius 3 is 2.27 bits per heavy atom. The highest BCUT2D eigenvalue weighted by molar-refractivity contribution is 6.04. The van der Waals surface area contributed by atoms with Crippen LogP contribution in [-0.4, -0.2) is 53.0 Å². The fraction of sp³-hybridized carbons (Fsp3) is 0.182. The number of carbonyl (C=O) groups is 2. The van der Waals surface area contributed by atoms with Crippen molar-refractivity contribution in [3.63, 3.8) is 0 Å². The molecule has 1 aromatic heterocycles. The van der Waals surface area contributed by atoms with Crippen molar-refractivity contribution in [2.24, 2.45) is 0 Å². The van der Waals surface area contributed by atoms with Crippen LogP contribution in [0.25, 0.3) is 0 Å². The molecule has 0 bridgehead atoms. The first-order valence-electron chi connectivity index (χ1n) is 9.72. The molecule has 4 rings (SSSR count). The third kappa shape index (κ3) is 4.72. The number of nitrogens with one attached hydrogen (secondary N) is 2. The van der Waals surface area contributed by atoms with E-state index in [0.717, 1.165) is 5.82 Å². The van der Waals surface area contributed by atoms with E-state index in [9.17, 15) is 9.59 Å². The summed E-state index contributed by atoms with van der Waals surface area (Å²) in [5, 5.41) is 5.76. The summed E-state index contributed by atoms with van der Waals surface area (Å²) in [6, 6.07) is 16.0. The van der Waals surface area contributed by atoms with Gasteiger partial charge in [-0.25, -0.2) is 9.78 Å². The first kappa shape index (κ1) is 19.4. The Hall–Kier alpha value is -3.94. The summed E-state index contributed by atoms with van der Waals surface area (Å²) in [5.41, 5.74) is 1.82. The number of amides is 3. The van der Waals surface area contributed by atoms with E-state index in [4.69, 9.17) is 0 Å². The van der Waals surface area contributed by atoms with Gasteiger partial charge >= 0.3 is 6.03 Å². The predicted octanol–water partition coefficient (Wildman–Crippen LogP) is 3.08. The number of aromatic nitrogens is 2. The van der Waals surface area contributed by atoms with Gasteiger partial charge in [-0.1, -0.05) is 24.3 Å². The molecule has 0 spiro atoms. The second-order valence-corrected chi connectivity index (χ2v) is 6.87. The fourth-order valence-corrected chi connectivity index (χ4v) is 3.26. The maximum absolute atomic E-state index is 12.6. The monoisotopic (exact) mass is 402 g/mol. The number of urea groups is 1. The van der Waals surface area contributed by atoms with Gasteiger partial charge < -0.3 is 20.4 Å². The maximum atomic E-state index is 12.6. The van der Waals surface area contributed by atoms with Crippen LogP contribution in [0.15, 0.2) is 73.2 Å². The number of benzene rings is 2. The fourth-order valence-electron chi connectivity index (χ4n) is 3.26. The maximum Gasteiger partial charge on any atom is 0.321 e. The molecule has 0 unspecified atom stereocenters. The topological polar surface area (TPSA) is 90.5 Å². The third-order valence-corrected chi connectivity index (χ3v) is 4.85. The summed E-state index contributed by atoms with van der Waals surface area (Å²) >= 11 is 0. The Balaban J connectivity index is 1.33. The van der Waals surface area contributed by atoms with Crippen molar-refractivity contribution >= 4 is 29.1 Å². The van der Waals surface area contributed by atoms with Crippen LogP contribution in [0.3, 0.4) is 0 Å². The molecule has 8 heteroatoms. The molecule has 2 N–H and O–H groups in total. The minimum atomic E-state index is -0.195. The lowest BCUT2D eigenvalue weighted by molar-refractivity contribution is 0.102. The smallest absolute Gasteiger partial charge is 0.321 e. The number of rotatable bonds is 4. The van der Waals surface area contributed by atoms with Crippen LogP contribution in [-0.2, 0) is 0 Å². The zero-order chi connectivity index (χ0) is 20.8. The zero-order valence-corrected chi connectivity index (χ0v) is 16.4. The molecule has 3 aromatic rings. The number of carbonyl (C=O) groups excluding carboxylic acids is 2. The van der Waals surface area contributed by atoms with Gasteiger partial charge in [0.2, 0.25) is 0 Å². The van der Waals surface area contributed by atoms with E-state index in [2.05, 4.69) is 25.5 Å². The molecule has 1 fully saturated rings. The summed E-state index contributed by atoms with van der Waals surface area (Å²) in [6.45, 7) is 2.57. The highest BCUT2D eigenvalue weighted by Gasteiger charge is 2.22. The first-order chi connectivity index (χ1) is 14.7. The summed E-state index contributed by atoms with van der Waals surface area (Å²) in [7, 11) is 0. The average molecular weight is 402 g/mol. The summed E-state index contributed by atoms with van der Waals surface area (Å²) in [6.07, 6.45) is 5.03. The number of anilines is 3. The minimum absolute atomic E-state index is 0.166. The summed E-state index contributed by atoms with van der Waals surface area (Å²) < 4.78 is 0. The predicted molar refractivity (Wildman–Crippen MR) is 116 cm³/mol. The van der Waals surface area contributed by atoms with Gasteiger partial charge in [-0.05, 0) is 30.3 Å². The molecule has 30 heavy (non-hydrogen) atoms. The Morgan fingerprint density at radius 2 is 1.57 bits per heavy atom. The van der Waals surface area contributed by atoms with Gasteiger partial charge in [0.25, 0.3) is 5.91 Å². The second kappa shape index (κ2) is 9.04. The van der Waals surface area contributed by atoms with Crippen LogP contribution in [0.5, 0.6) is 0 Å². The Labute approximate surface area is 174 Å². The molecule has 3 amide bonds. The van der Waals surface area contributed by atoms with Crippen molar-refractivity contribution in [1.82, 2.24) is 14.9 Å². The highest BCUT2D eigenvalue weighted by atomic mass is 16.2. The van der Waals surface area contributed by atoms with Gasteiger partial charge in [0.15, 0.2) is 0 Å². The molecule has 2 heterocycles. The standard InChI is InChI=1S/C22H22N6O2/c29-21(17-5-2-1-3-6-17)25-18-7-4-8-19(15-18)26-22(30)28-13-11-27(12-14-28)20-16-23-9-10-24-20/h1-10,15-16H,11-14H2,(H,25,29)(H,26,30). The summed E-state index contributed by atoms with van der Waals surface area (Å²) in [5.74, 6) is 0.624. The molecule has 0 aliphatic carbocycles. The zero-order valence-electron chi connectivity index (χ0n) is 16.4. The van der Waals surface area contributed by atoms with Gasteiger partial charge in [-0.2, -0.15) is 0 Å². The van der Waals surface area contributed by atoms with Gasteiger partial charge in [-0.15, -0.1) is 0 Å². The molecule has 8 nitrogen and oxygen atoms in total. The molecule has 0 atom stereocenters. The van der Waals surface area contributed by atoms with Gasteiger partial charge in [-0.3, -0.25) is 9.78 Å². The van der Waals surface area contributed by atoms with Crippen LogP contribution in [0, 0.1) is 0 Å². The first-order valence-corrected chi connectivity index (χ1v) is 9.72. The largest absolute Gasteiger partial charge is 0.352 e. The van der Waals surface area contributed by atoms with Crippen LogP contribution in [0.2, 0.25) is 0 Å². The molecule has 152 valence electrons. The van der Waals surface area contributed by atoms with Crippen molar-refractivity contribution in [2.75, 3.05) is 41.7 Å². The van der Waals surface area contributed by atoms with Crippen molar-refractivity contribution in [3.05, 3.63) is 78.8 Å². The molecule has 0 saturated carbocycles. The Bertz CT molecular complexity index is 1000. The van der Waals surface area contributed by atoms with E-state index < -0.39 is 0 Å². The van der Waals surface area contributed by atoms with E-state index in [1.165, 1.54) is 0 Å². The lowest BCUT2D eigenvalue weighted by Gasteiger charge is -2.35. The Kier molecular flexibility index (Phi) is 5.84. The number of hydrogen-bond acceptors (Lipinski definition) is 5. The average Bonchev–Trinajstić information content (AvgIpc) is 2.80. The SMILES string of the molecule is O=C(Nc1cccc(NC(=O)N2CCN(c3cnccn3)CC2)c1)c1ccccc1. The number of nitrogens with zero attached hydrogens (tertiary/aromatic N) is 4. The third-order valence-electron chi connectivity index (χ3n) is 4.85. The van der Waals surface area contributed by atoms with Crippen molar-refractivity contribution < 1.29 is 9.59 Å². The van der Waals surface area contributed by atoms with Crippen LogP contribution < -0.4 is 15.5 Å². The molecular formula is C22H22N6O2. The van der Waals surface area contributed by atoms with Gasteiger partial charge in [0.05, 0.1) is 6.20 Å². The van der Waals surface area contributed by atoms with E-state index >= 15 is 0 Å². The lowest BCUT2D eigenvalue weighted by Crippen LogP contribution is -2.50. The van der Waals surface area contributed by atoms with Gasteiger partial charge in [0.1, 0.15) is 5.82 Å². The summed E-state index contributed by atoms with van der Waals surface area (Å²) in [4.78, 5) is 37.2. The second-order valence-electron chi connectivity index (χ2n) is 6.87. The molecule has 1 aliphatic heterocycles. The molecular weight excluding hydrogens is 380 g/mol. The minimum Gasteiger partial charge on any atom is -0.352 e. The van der Waals surface area contributed by atoms with Crippen LogP contribution in [0.1, 0.15) is 10.4 Å². The van der Waals surface area contributed by atoms with Crippen molar-refractivity contribution in [2.45, 2.75) is 0 Å². The van der Waals surface area contributed by atoms with E-state index in [0.29, 0.717) is 43.1 Å². The van der Waals surface area contributed by atoms with E-state index in [-0.39, 0.29) is 11.9 Å². The lowest BCUT2D eigenvalue weighted by atomic mass is 10.2. The Morgan fingerprint density at radius 1 is 0.833 bits per heavy atom. The van der Waals surface area contributed by atoms with Crippen LogP contribution >= 0.6 is 0 Å². The molecule has 0 radical (unpaired) electrons. The molecule has 1 saturated heterocycles. The highest BCUT2D eigenvalue weighted by Crippen LogP contribution is 2.18. The van der Waals surface area contributed by atoms with Gasteiger partial charge in [0, 0.05) is 55.5 Å².